The van der Waals surface area contributed by atoms with Gasteiger partial charge in [0, 0.05) is 30.0 Å². The summed E-state index contributed by atoms with van der Waals surface area (Å²) < 4.78 is 5.20. The molecule has 1 aromatic carbocycles. The van der Waals surface area contributed by atoms with Crippen LogP contribution in [-0.4, -0.2) is 33.0 Å². The zero-order valence-electron chi connectivity index (χ0n) is 12.3. The number of amides is 1. The van der Waals surface area contributed by atoms with Crippen LogP contribution in [0, 0.1) is 0 Å². The first-order chi connectivity index (χ1) is 11.1. The van der Waals surface area contributed by atoms with Crippen molar-refractivity contribution >= 4 is 17.5 Å². The number of hydrogen-bond donors (Lipinski definition) is 0. The molecule has 2 aromatic heterocycles. The highest BCUT2D eigenvalue weighted by molar-refractivity contribution is 6.30. The normalized spacial score (nSPS) is 10.5. The third kappa shape index (κ3) is 3.54. The van der Waals surface area contributed by atoms with E-state index in [0.717, 1.165) is 5.56 Å². The van der Waals surface area contributed by atoms with E-state index in [9.17, 15) is 4.79 Å². The Bertz CT molecular complexity index is 820. The van der Waals surface area contributed by atoms with E-state index in [1.54, 1.807) is 37.5 Å². The SMILES string of the molecule is CN(Cc1nc(-c2cccc(Cl)c2)no1)C(=O)c1cccnc1. The number of pyridine rings is 1. The van der Waals surface area contributed by atoms with Crippen molar-refractivity contribution in [2.24, 2.45) is 0 Å². The molecule has 6 nitrogen and oxygen atoms in total. The molecule has 7 heteroatoms. The number of aromatic nitrogens is 3. The topological polar surface area (TPSA) is 72.1 Å². The zero-order chi connectivity index (χ0) is 16.2. The van der Waals surface area contributed by atoms with Crippen molar-refractivity contribution in [1.82, 2.24) is 20.0 Å². The zero-order valence-corrected chi connectivity index (χ0v) is 13.1. The lowest BCUT2D eigenvalue weighted by Gasteiger charge is -2.14. The largest absolute Gasteiger partial charge is 0.337 e. The Hall–Kier alpha value is -2.73. The predicted octanol–water partition coefficient (Wildman–Crippen LogP) is 3.06. The summed E-state index contributed by atoms with van der Waals surface area (Å²) in [5.74, 6) is 0.616. The molecule has 0 spiro atoms. The highest BCUT2D eigenvalue weighted by Gasteiger charge is 2.16. The Morgan fingerprint density at radius 1 is 1.30 bits per heavy atom. The van der Waals surface area contributed by atoms with Gasteiger partial charge in [0.05, 0.1) is 12.1 Å². The summed E-state index contributed by atoms with van der Waals surface area (Å²) in [5.41, 5.74) is 1.26. The molecule has 0 radical (unpaired) electrons. The van der Waals surface area contributed by atoms with E-state index >= 15 is 0 Å². The molecule has 0 unspecified atom stereocenters. The molecule has 1 amide bonds. The van der Waals surface area contributed by atoms with Crippen molar-refractivity contribution in [3.05, 3.63) is 65.3 Å². The fraction of sp³-hybridized carbons (Fsp3) is 0.125. The summed E-state index contributed by atoms with van der Waals surface area (Å²) in [5, 5.41) is 4.51. The molecule has 0 atom stereocenters. The molecule has 0 saturated carbocycles. The van der Waals surface area contributed by atoms with Crippen molar-refractivity contribution in [1.29, 1.82) is 0 Å². The summed E-state index contributed by atoms with van der Waals surface area (Å²) in [7, 11) is 1.67. The van der Waals surface area contributed by atoms with Crippen LogP contribution >= 0.6 is 11.6 Å². The van der Waals surface area contributed by atoms with Gasteiger partial charge in [-0.15, -0.1) is 0 Å². The lowest BCUT2D eigenvalue weighted by Crippen LogP contribution is -2.26. The van der Waals surface area contributed by atoms with E-state index in [-0.39, 0.29) is 12.5 Å². The van der Waals surface area contributed by atoms with Gasteiger partial charge in [-0.05, 0) is 24.3 Å². The molecule has 0 fully saturated rings. The van der Waals surface area contributed by atoms with Gasteiger partial charge in [0.15, 0.2) is 0 Å². The van der Waals surface area contributed by atoms with E-state index in [0.29, 0.717) is 22.3 Å². The lowest BCUT2D eigenvalue weighted by molar-refractivity contribution is 0.0769. The van der Waals surface area contributed by atoms with Crippen LogP contribution in [0.3, 0.4) is 0 Å². The molecular weight excluding hydrogens is 316 g/mol. The third-order valence-electron chi connectivity index (χ3n) is 3.18. The molecule has 0 aliphatic rings. The van der Waals surface area contributed by atoms with E-state index in [2.05, 4.69) is 15.1 Å². The van der Waals surface area contributed by atoms with Gasteiger partial charge in [-0.25, -0.2) is 0 Å². The molecule has 0 saturated heterocycles. The van der Waals surface area contributed by atoms with E-state index in [4.69, 9.17) is 16.1 Å². The molecule has 3 rings (SSSR count). The number of hydrogen-bond acceptors (Lipinski definition) is 5. The molecule has 2 heterocycles. The Kier molecular flexibility index (Phi) is 4.34. The van der Waals surface area contributed by atoms with E-state index in [1.807, 2.05) is 12.1 Å². The Labute approximate surface area is 137 Å². The van der Waals surface area contributed by atoms with Crippen molar-refractivity contribution in [3.63, 3.8) is 0 Å². The maximum Gasteiger partial charge on any atom is 0.255 e. The highest BCUT2D eigenvalue weighted by atomic mass is 35.5. The molecule has 3 aromatic rings. The first-order valence-electron chi connectivity index (χ1n) is 6.87. The van der Waals surface area contributed by atoms with Gasteiger partial charge in [0.2, 0.25) is 11.7 Å². The molecule has 0 aliphatic carbocycles. The van der Waals surface area contributed by atoms with Crippen LogP contribution in [0.4, 0.5) is 0 Å². The van der Waals surface area contributed by atoms with Crippen molar-refractivity contribution in [2.75, 3.05) is 7.05 Å². The van der Waals surface area contributed by atoms with Crippen molar-refractivity contribution in [2.45, 2.75) is 6.54 Å². The number of nitrogens with zero attached hydrogens (tertiary/aromatic N) is 4. The summed E-state index contributed by atoms with van der Waals surface area (Å²) in [6, 6.07) is 10.6. The number of rotatable bonds is 4. The number of carbonyl (C=O) groups excluding carboxylic acids is 1. The first kappa shape index (κ1) is 15.2. The predicted molar refractivity (Wildman–Crippen MR) is 84.8 cm³/mol. The van der Waals surface area contributed by atoms with E-state index in [1.165, 1.54) is 11.1 Å². The summed E-state index contributed by atoms with van der Waals surface area (Å²) in [6.07, 6.45) is 3.14. The molecule has 0 aliphatic heterocycles. The number of carbonyl (C=O) groups is 1. The first-order valence-corrected chi connectivity index (χ1v) is 7.25. The van der Waals surface area contributed by atoms with Crippen LogP contribution in [0.25, 0.3) is 11.4 Å². The fourth-order valence-corrected chi connectivity index (χ4v) is 2.24. The quantitative estimate of drug-likeness (QED) is 0.736. The van der Waals surface area contributed by atoms with Crippen LogP contribution in [0.2, 0.25) is 5.02 Å². The standard InChI is InChI=1S/C16H13ClN4O2/c1-21(16(22)12-5-3-7-18-9-12)10-14-19-15(20-23-14)11-4-2-6-13(17)8-11/h2-9H,10H2,1H3. The maximum absolute atomic E-state index is 12.2. The lowest BCUT2D eigenvalue weighted by atomic mass is 10.2. The van der Waals surface area contributed by atoms with Gasteiger partial charge in [0.25, 0.3) is 5.91 Å². The average Bonchev–Trinajstić information content (AvgIpc) is 3.03. The smallest absolute Gasteiger partial charge is 0.255 e. The van der Waals surface area contributed by atoms with Crippen LogP contribution in [0.1, 0.15) is 16.2 Å². The van der Waals surface area contributed by atoms with Crippen LogP contribution in [0.15, 0.2) is 53.3 Å². The van der Waals surface area contributed by atoms with Gasteiger partial charge in [-0.2, -0.15) is 4.98 Å². The summed E-state index contributed by atoms with van der Waals surface area (Å²) in [6.45, 7) is 0.210. The summed E-state index contributed by atoms with van der Waals surface area (Å²) in [4.78, 5) is 22.0. The second kappa shape index (κ2) is 6.58. The second-order valence-electron chi connectivity index (χ2n) is 4.92. The third-order valence-corrected chi connectivity index (χ3v) is 3.41. The molecule has 23 heavy (non-hydrogen) atoms. The van der Waals surface area contributed by atoms with E-state index < -0.39 is 0 Å². The maximum atomic E-state index is 12.2. The van der Waals surface area contributed by atoms with Crippen LogP contribution < -0.4 is 0 Å². The monoisotopic (exact) mass is 328 g/mol. The van der Waals surface area contributed by atoms with Crippen molar-refractivity contribution < 1.29 is 9.32 Å². The molecule has 116 valence electrons. The van der Waals surface area contributed by atoms with Crippen LogP contribution in [-0.2, 0) is 6.54 Å². The van der Waals surface area contributed by atoms with Crippen LogP contribution in [0.5, 0.6) is 0 Å². The molecule has 0 N–H and O–H groups in total. The Morgan fingerprint density at radius 2 is 2.17 bits per heavy atom. The Balaban J connectivity index is 1.73. The van der Waals surface area contributed by atoms with Crippen molar-refractivity contribution in [3.8, 4) is 11.4 Å². The minimum Gasteiger partial charge on any atom is -0.337 e. The minimum absolute atomic E-state index is 0.166. The van der Waals surface area contributed by atoms with Gasteiger partial charge in [-0.3, -0.25) is 9.78 Å². The Morgan fingerprint density at radius 3 is 2.91 bits per heavy atom. The summed E-state index contributed by atoms with van der Waals surface area (Å²) >= 11 is 5.95. The number of benzene rings is 1. The van der Waals surface area contributed by atoms with Gasteiger partial charge in [-0.1, -0.05) is 28.9 Å². The van der Waals surface area contributed by atoms with Gasteiger partial charge >= 0.3 is 0 Å². The fourth-order valence-electron chi connectivity index (χ4n) is 2.05. The highest BCUT2D eigenvalue weighted by Crippen LogP contribution is 2.20. The minimum atomic E-state index is -0.166. The van der Waals surface area contributed by atoms with Gasteiger partial charge < -0.3 is 9.42 Å². The number of halogens is 1. The average molecular weight is 329 g/mol. The molecule has 0 bridgehead atoms. The van der Waals surface area contributed by atoms with Gasteiger partial charge in [0.1, 0.15) is 0 Å². The molecular formula is C16H13ClN4O2. The second-order valence-corrected chi connectivity index (χ2v) is 5.36.